The standard InChI is InChI=1S/C16H17N5O3S/c1-11-14-7-13(9-19-16(14)24-20-11)25(22,23)21-6-5-18-10-15(21)12-3-2-4-17-8-12/h2-4,7-9,15,18H,5-6,10H2,1H3. The van der Waals surface area contributed by atoms with Gasteiger partial charge in [0.2, 0.25) is 10.0 Å². The fraction of sp³-hybridized carbons (Fsp3) is 0.312. The predicted octanol–water partition coefficient (Wildman–Crippen LogP) is 1.26. The van der Waals surface area contributed by atoms with E-state index in [0.717, 1.165) is 5.56 Å². The molecular formula is C16H17N5O3S. The van der Waals surface area contributed by atoms with Gasteiger partial charge in [0.1, 0.15) is 4.90 Å². The SMILES string of the molecule is Cc1noc2ncc(S(=O)(=O)N3CCNCC3c3cccnc3)cc12. The number of piperazine rings is 1. The van der Waals surface area contributed by atoms with Crippen LogP contribution in [0.1, 0.15) is 17.3 Å². The van der Waals surface area contributed by atoms with E-state index in [1.165, 1.54) is 10.5 Å². The molecule has 0 bridgehead atoms. The number of sulfonamides is 1. The van der Waals surface area contributed by atoms with Gasteiger partial charge in [0.25, 0.3) is 5.71 Å². The van der Waals surface area contributed by atoms with Gasteiger partial charge in [0, 0.05) is 32.0 Å². The summed E-state index contributed by atoms with van der Waals surface area (Å²) < 4.78 is 33.0. The Bertz CT molecular complexity index is 1000. The fourth-order valence-electron chi connectivity index (χ4n) is 3.03. The summed E-state index contributed by atoms with van der Waals surface area (Å²) in [6.07, 6.45) is 4.70. The topological polar surface area (TPSA) is 101 Å². The number of nitrogens with zero attached hydrogens (tertiary/aromatic N) is 4. The molecule has 130 valence electrons. The average molecular weight is 359 g/mol. The van der Waals surface area contributed by atoms with Gasteiger partial charge in [0.15, 0.2) is 0 Å². The molecular weight excluding hydrogens is 342 g/mol. The first-order valence-electron chi connectivity index (χ1n) is 7.92. The molecule has 3 aromatic rings. The van der Waals surface area contributed by atoms with Crippen LogP contribution in [0, 0.1) is 6.92 Å². The van der Waals surface area contributed by atoms with Crippen molar-refractivity contribution in [1.29, 1.82) is 0 Å². The summed E-state index contributed by atoms with van der Waals surface area (Å²) in [4.78, 5) is 8.35. The largest absolute Gasteiger partial charge is 0.336 e. The summed E-state index contributed by atoms with van der Waals surface area (Å²) in [5, 5.41) is 7.68. The molecule has 0 amide bonds. The van der Waals surface area contributed by atoms with Crippen LogP contribution >= 0.6 is 0 Å². The number of pyridine rings is 2. The van der Waals surface area contributed by atoms with E-state index in [2.05, 4.69) is 20.4 Å². The van der Waals surface area contributed by atoms with Crippen molar-refractivity contribution in [2.75, 3.05) is 19.6 Å². The van der Waals surface area contributed by atoms with Crippen LogP contribution in [-0.2, 0) is 10.0 Å². The molecule has 3 aromatic heterocycles. The van der Waals surface area contributed by atoms with E-state index < -0.39 is 10.0 Å². The lowest BCUT2D eigenvalue weighted by Gasteiger charge is -2.35. The molecule has 1 unspecified atom stereocenters. The number of aryl methyl sites for hydroxylation is 1. The van der Waals surface area contributed by atoms with E-state index in [-0.39, 0.29) is 10.9 Å². The first kappa shape index (κ1) is 16.1. The second-order valence-electron chi connectivity index (χ2n) is 5.91. The van der Waals surface area contributed by atoms with Crippen LogP contribution in [0.2, 0.25) is 0 Å². The lowest BCUT2D eigenvalue weighted by molar-refractivity contribution is 0.271. The maximum atomic E-state index is 13.2. The third kappa shape index (κ3) is 2.80. The van der Waals surface area contributed by atoms with Gasteiger partial charge in [0.05, 0.1) is 23.3 Å². The van der Waals surface area contributed by atoms with Gasteiger partial charge < -0.3 is 9.84 Å². The number of rotatable bonds is 3. The van der Waals surface area contributed by atoms with Gasteiger partial charge in [-0.1, -0.05) is 11.2 Å². The summed E-state index contributed by atoms with van der Waals surface area (Å²) in [6, 6.07) is 4.96. The number of hydrogen-bond acceptors (Lipinski definition) is 7. The predicted molar refractivity (Wildman–Crippen MR) is 90.3 cm³/mol. The van der Waals surface area contributed by atoms with E-state index in [4.69, 9.17) is 4.52 Å². The van der Waals surface area contributed by atoms with E-state index in [9.17, 15) is 8.42 Å². The zero-order valence-electron chi connectivity index (χ0n) is 13.6. The second-order valence-corrected chi connectivity index (χ2v) is 7.80. The van der Waals surface area contributed by atoms with Crippen molar-refractivity contribution in [1.82, 2.24) is 24.7 Å². The molecule has 1 aliphatic heterocycles. The van der Waals surface area contributed by atoms with Crippen LogP contribution in [0.5, 0.6) is 0 Å². The minimum Gasteiger partial charge on any atom is -0.336 e. The first-order valence-corrected chi connectivity index (χ1v) is 9.36. The smallest absolute Gasteiger partial charge is 0.257 e. The minimum absolute atomic E-state index is 0.141. The van der Waals surface area contributed by atoms with Gasteiger partial charge in [-0.05, 0) is 24.6 Å². The molecule has 9 heteroatoms. The Morgan fingerprint density at radius 1 is 1.36 bits per heavy atom. The van der Waals surface area contributed by atoms with Crippen LogP contribution < -0.4 is 5.32 Å². The summed E-state index contributed by atoms with van der Waals surface area (Å²) in [5.74, 6) is 0. The van der Waals surface area contributed by atoms with Crippen molar-refractivity contribution in [2.45, 2.75) is 17.9 Å². The zero-order valence-corrected chi connectivity index (χ0v) is 14.4. The number of fused-ring (bicyclic) bond motifs is 1. The quantitative estimate of drug-likeness (QED) is 0.751. The van der Waals surface area contributed by atoms with Gasteiger partial charge in [-0.15, -0.1) is 0 Å². The minimum atomic E-state index is -3.71. The van der Waals surface area contributed by atoms with Crippen LogP contribution in [-0.4, -0.2) is 47.5 Å². The van der Waals surface area contributed by atoms with Crippen molar-refractivity contribution in [3.8, 4) is 0 Å². The number of nitrogens with one attached hydrogen (secondary N) is 1. The third-order valence-corrected chi connectivity index (χ3v) is 6.23. The van der Waals surface area contributed by atoms with Crippen LogP contribution in [0.4, 0.5) is 0 Å². The Hall–Kier alpha value is -2.36. The molecule has 4 rings (SSSR count). The Morgan fingerprint density at radius 2 is 2.24 bits per heavy atom. The maximum absolute atomic E-state index is 13.2. The molecule has 1 fully saturated rings. The molecule has 0 spiro atoms. The Balaban J connectivity index is 1.77. The second kappa shape index (κ2) is 6.17. The highest BCUT2D eigenvalue weighted by atomic mass is 32.2. The van der Waals surface area contributed by atoms with Gasteiger partial charge in [-0.2, -0.15) is 4.31 Å². The van der Waals surface area contributed by atoms with Crippen LogP contribution in [0.25, 0.3) is 11.1 Å². The van der Waals surface area contributed by atoms with E-state index in [0.29, 0.717) is 36.4 Å². The lowest BCUT2D eigenvalue weighted by Crippen LogP contribution is -2.48. The van der Waals surface area contributed by atoms with E-state index in [1.807, 2.05) is 12.1 Å². The highest BCUT2D eigenvalue weighted by Crippen LogP contribution is 2.29. The van der Waals surface area contributed by atoms with Gasteiger partial charge >= 0.3 is 0 Å². The van der Waals surface area contributed by atoms with Gasteiger partial charge in [-0.25, -0.2) is 13.4 Å². The molecule has 1 N–H and O–H groups in total. The molecule has 4 heterocycles. The molecule has 0 aromatic carbocycles. The summed E-state index contributed by atoms with van der Waals surface area (Å²) in [5.41, 5.74) is 1.80. The zero-order chi connectivity index (χ0) is 17.4. The number of hydrogen-bond donors (Lipinski definition) is 1. The molecule has 1 saturated heterocycles. The molecule has 1 aliphatic rings. The van der Waals surface area contributed by atoms with E-state index in [1.54, 1.807) is 25.4 Å². The maximum Gasteiger partial charge on any atom is 0.257 e. The van der Waals surface area contributed by atoms with Crippen LogP contribution in [0.15, 0.2) is 46.2 Å². The van der Waals surface area contributed by atoms with Crippen LogP contribution in [0.3, 0.4) is 0 Å². The molecule has 8 nitrogen and oxygen atoms in total. The van der Waals surface area contributed by atoms with Gasteiger partial charge in [-0.3, -0.25) is 4.98 Å². The summed E-state index contributed by atoms with van der Waals surface area (Å²) >= 11 is 0. The normalized spacial score (nSPS) is 19.3. The van der Waals surface area contributed by atoms with E-state index >= 15 is 0 Å². The Labute approximate surface area is 144 Å². The molecule has 25 heavy (non-hydrogen) atoms. The van der Waals surface area contributed by atoms with Crippen molar-refractivity contribution in [2.24, 2.45) is 0 Å². The monoisotopic (exact) mass is 359 g/mol. The summed E-state index contributed by atoms with van der Waals surface area (Å²) in [6.45, 7) is 3.26. The highest BCUT2D eigenvalue weighted by molar-refractivity contribution is 7.89. The average Bonchev–Trinajstić information content (AvgIpc) is 3.03. The highest BCUT2D eigenvalue weighted by Gasteiger charge is 2.35. The molecule has 0 aliphatic carbocycles. The fourth-order valence-corrected chi connectivity index (χ4v) is 4.62. The van der Waals surface area contributed by atoms with Crippen molar-refractivity contribution in [3.63, 3.8) is 0 Å². The van der Waals surface area contributed by atoms with Crippen molar-refractivity contribution in [3.05, 3.63) is 48.0 Å². The molecule has 1 atom stereocenters. The number of aromatic nitrogens is 3. The van der Waals surface area contributed by atoms with Crippen molar-refractivity contribution >= 4 is 21.1 Å². The molecule has 0 saturated carbocycles. The first-order chi connectivity index (χ1) is 12.1. The molecule has 0 radical (unpaired) electrons. The Kier molecular flexibility index (Phi) is 3.98. The van der Waals surface area contributed by atoms with Crippen molar-refractivity contribution < 1.29 is 12.9 Å². The summed E-state index contributed by atoms with van der Waals surface area (Å²) in [7, 11) is -3.71. The Morgan fingerprint density at radius 3 is 3.04 bits per heavy atom. The third-order valence-electron chi connectivity index (χ3n) is 4.35. The lowest BCUT2D eigenvalue weighted by atomic mass is 10.1.